The highest BCUT2D eigenvalue weighted by atomic mass is 32.2. The third-order valence-electron chi connectivity index (χ3n) is 2.40. The molecule has 0 atom stereocenters. The quantitative estimate of drug-likeness (QED) is 0.837. The number of sulfonamides is 1. The molecule has 0 bridgehead atoms. The Kier molecular flexibility index (Phi) is 4.54. The van der Waals surface area contributed by atoms with Gasteiger partial charge in [0, 0.05) is 6.20 Å². The fourth-order valence-corrected chi connectivity index (χ4v) is 2.51. The standard InChI is InChI=1S/C13H14N2O4S/c16-9-10-19-11-4-6-12(7-5-11)20(17,18)15-13-3-1-2-8-14-13/h1-8,16H,9-10H2,(H,14,15). The third kappa shape index (κ3) is 3.69. The average molecular weight is 294 g/mol. The molecule has 0 amide bonds. The minimum atomic E-state index is -3.67. The number of nitrogens with one attached hydrogen (secondary N) is 1. The molecule has 0 aliphatic carbocycles. The monoisotopic (exact) mass is 294 g/mol. The number of aliphatic hydroxyl groups is 1. The van der Waals surface area contributed by atoms with Crippen LogP contribution < -0.4 is 9.46 Å². The molecule has 0 saturated heterocycles. The van der Waals surface area contributed by atoms with Gasteiger partial charge in [0.25, 0.3) is 10.0 Å². The number of ether oxygens (including phenoxy) is 1. The van der Waals surface area contributed by atoms with Crippen molar-refractivity contribution in [3.8, 4) is 5.75 Å². The van der Waals surface area contributed by atoms with Gasteiger partial charge < -0.3 is 9.84 Å². The molecule has 6 nitrogen and oxygen atoms in total. The second-order valence-electron chi connectivity index (χ2n) is 3.86. The number of pyridine rings is 1. The van der Waals surface area contributed by atoms with E-state index in [0.717, 1.165) is 0 Å². The van der Waals surface area contributed by atoms with Crippen LogP contribution in [0.15, 0.2) is 53.6 Å². The van der Waals surface area contributed by atoms with Crippen LogP contribution in [0.25, 0.3) is 0 Å². The second kappa shape index (κ2) is 6.36. The van der Waals surface area contributed by atoms with Crippen LogP contribution in [0.3, 0.4) is 0 Å². The number of rotatable bonds is 6. The van der Waals surface area contributed by atoms with E-state index in [4.69, 9.17) is 9.84 Å². The molecule has 2 aromatic rings. The molecule has 0 saturated carbocycles. The van der Waals surface area contributed by atoms with Crippen LogP contribution in [0.4, 0.5) is 5.82 Å². The molecule has 2 rings (SSSR count). The zero-order chi connectivity index (χ0) is 14.4. The molecule has 7 heteroatoms. The smallest absolute Gasteiger partial charge is 0.263 e. The summed E-state index contributed by atoms with van der Waals surface area (Å²) in [6, 6.07) is 10.9. The maximum atomic E-state index is 12.1. The van der Waals surface area contributed by atoms with Crippen molar-refractivity contribution in [2.24, 2.45) is 0 Å². The summed E-state index contributed by atoms with van der Waals surface area (Å²) in [6.07, 6.45) is 1.50. The Balaban J connectivity index is 2.13. The lowest BCUT2D eigenvalue weighted by Gasteiger charge is -2.08. The lowest BCUT2D eigenvalue weighted by Crippen LogP contribution is -2.13. The lowest BCUT2D eigenvalue weighted by molar-refractivity contribution is 0.201. The van der Waals surface area contributed by atoms with Gasteiger partial charge in [0.05, 0.1) is 11.5 Å². The maximum Gasteiger partial charge on any atom is 0.263 e. The average Bonchev–Trinajstić information content (AvgIpc) is 2.46. The number of hydrogen-bond acceptors (Lipinski definition) is 5. The predicted octanol–water partition coefficient (Wildman–Crippen LogP) is 1.25. The van der Waals surface area contributed by atoms with E-state index < -0.39 is 10.0 Å². The zero-order valence-electron chi connectivity index (χ0n) is 10.6. The normalized spacial score (nSPS) is 11.1. The van der Waals surface area contributed by atoms with Crippen molar-refractivity contribution in [2.75, 3.05) is 17.9 Å². The first kappa shape index (κ1) is 14.3. The third-order valence-corrected chi connectivity index (χ3v) is 3.77. The summed E-state index contributed by atoms with van der Waals surface area (Å²) in [7, 11) is -3.67. The summed E-state index contributed by atoms with van der Waals surface area (Å²) in [6.45, 7) is 0.0690. The van der Waals surface area contributed by atoms with E-state index in [1.165, 1.54) is 30.5 Å². The first-order valence-corrected chi connectivity index (χ1v) is 7.38. The largest absolute Gasteiger partial charge is 0.491 e. The molecule has 106 valence electrons. The van der Waals surface area contributed by atoms with Gasteiger partial charge >= 0.3 is 0 Å². The van der Waals surface area contributed by atoms with Crippen LogP contribution in [0.2, 0.25) is 0 Å². The van der Waals surface area contributed by atoms with Gasteiger partial charge in [0.15, 0.2) is 0 Å². The van der Waals surface area contributed by atoms with Crippen LogP contribution in [-0.4, -0.2) is 31.7 Å². The molecule has 0 unspecified atom stereocenters. The van der Waals surface area contributed by atoms with E-state index in [1.807, 2.05) is 0 Å². The highest BCUT2D eigenvalue weighted by Gasteiger charge is 2.14. The molecule has 1 heterocycles. The van der Waals surface area contributed by atoms with Crippen LogP contribution in [0, 0.1) is 0 Å². The molecule has 0 aliphatic heterocycles. The van der Waals surface area contributed by atoms with E-state index in [-0.39, 0.29) is 23.9 Å². The Bertz CT molecular complexity index is 642. The summed E-state index contributed by atoms with van der Waals surface area (Å²) in [5.74, 6) is 0.754. The molecular weight excluding hydrogens is 280 g/mol. The molecule has 0 spiro atoms. The fourth-order valence-electron chi connectivity index (χ4n) is 1.50. The van der Waals surface area contributed by atoms with Crippen molar-refractivity contribution in [1.29, 1.82) is 0 Å². The minimum Gasteiger partial charge on any atom is -0.491 e. The maximum absolute atomic E-state index is 12.1. The highest BCUT2D eigenvalue weighted by molar-refractivity contribution is 7.92. The summed E-state index contributed by atoms with van der Waals surface area (Å²) in [4.78, 5) is 4.02. The molecule has 0 fully saturated rings. The van der Waals surface area contributed by atoms with Crippen LogP contribution in [-0.2, 0) is 10.0 Å². The summed E-state index contributed by atoms with van der Waals surface area (Å²) in [5, 5.41) is 8.64. The van der Waals surface area contributed by atoms with Crippen molar-refractivity contribution in [1.82, 2.24) is 4.98 Å². The summed E-state index contributed by atoms with van der Waals surface area (Å²) in [5.41, 5.74) is 0. The molecule has 1 aromatic heterocycles. The van der Waals surface area contributed by atoms with Crippen molar-refractivity contribution < 1.29 is 18.3 Å². The number of aromatic nitrogens is 1. The fraction of sp³-hybridized carbons (Fsp3) is 0.154. The Morgan fingerprint density at radius 1 is 1.15 bits per heavy atom. The van der Waals surface area contributed by atoms with Crippen LogP contribution >= 0.6 is 0 Å². The molecule has 1 aromatic carbocycles. The topological polar surface area (TPSA) is 88.5 Å². The molecule has 0 radical (unpaired) electrons. The number of benzene rings is 1. The molecule has 20 heavy (non-hydrogen) atoms. The predicted molar refractivity (Wildman–Crippen MR) is 74.1 cm³/mol. The van der Waals surface area contributed by atoms with Crippen molar-refractivity contribution in [3.63, 3.8) is 0 Å². The van der Waals surface area contributed by atoms with Crippen molar-refractivity contribution in [3.05, 3.63) is 48.7 Å². The highest BCUT2D eigenvalue weighted by Crippen LogP contribution is 2.18. The Morgan fingerprint density at radius 2 is 1.90 bits per heavy atom. The Hall–Kier alpha value is -2.12. The SMILES string of the molecule is O=S(=O)(Nc1ccccn1)c1ccc(OCCO)cc1. The molecule has 0 aliphatic rings. The van der Waals surface area contributed by atoms with Crippen molar-refractivity contribution in [2.45, 2.75) is 4.90 Å². The lowest BCUT2D eigenvalue weighted by atomic mass is 10.3. The minimum absolute atomic E-state index is 0.0960. The van der Waals surface area contributed by atoms with Gasteiger partial charge in [-0.25, -0.2) is 13.4 Å². The van der Waals surface area contributed by atoms with Crippen LogP contribution in [0.1, 0.15) is 0 Å². The van der Waals surface area contributed by atoms with Gasteiger partial charge in [0.1, 0.15) is 18.2 Å². The Morgan fingerprint density at radius 3 is 2.50 bits per heavy atom. The second-order valence-corrected chi connectivity index (χ2v) is 5.55. The number of nitrogens with zero attached hydrogens (tertiary/aromatic N) is 1. The summed E-state index contributed by atoms with van der Waals surface area (Å²) < 4.78 is 31.7. The Labute approximate surface area is 117 Å². The van der Waals surface area contributed by atoms with E-state index in [9.17, 15) is 8.42 Å². The van der Waals surface area contributed by atoms with E-state index in [2.05, 4.69) is 9.71 Å². The van der Waals surface area contributed by atoms with Gasteiger partial charge in [0.2, 0.25) is 0 Å². The number of aliphatic hydroxyl groups excluding tert-OH is 1. The van der Waals surface area contributed by atoms with Crippen molar-refractivity contribution >= 4 is 15.8 Å². The van der Waals surface area contributed by atoms with Gasteiger partial charge in [-0.3, -0.25) is 4.72 Å². The van der Waals surface area contributed by atoms with Crippen LogP contribution in [0.5, 0.6) is 5.75 Å². The zero-order valence-corrected chi connectivity index (χ0v) is 11.4. The van der Waals surface area contributed by atoms with E-state index in [0.29, 0.717) is 5.75 Å². The number of hydrogen-bond donors (Lipinski definition) is 2. The van der Waals surface area contributed by atoms with E-state index >= 15 is 0 Å². The van der Waals surface area contributed by atoms with Gasteiger partial charge in [-0.2, -0.15) is 0 Å². The molecule has 2 N–H and O–H groups in total. The van der Waals surface area contributed by atoms with E-state index in [1.54, 1.807) is 18.2 Å². The van der Waals surface area contributed by atoms with Gasteiger partial charge in [-0.1, -0.05) is 6.07 Å². The molecular formula is C13H14N2O4S. The summed E-state index contributed by atoms with van der Waals surface area (Å²) >= 11 is 0. The van der Waals surface area contributed by atoms with Gasteiger partial charge in [-0.05, 0) is 36.4 Å². The number of anilines is 1. The first-order valence-electron chi connectivity index (χ1n) is 5.89. The van der Waals surface area contributed by atoms with Gasteiger partial charge in [-0.15, -0.1) is 0 Å². The first-order chi connectivity index (χ1) is 9.62.